The molecule has 0 radical (unpaired) electrons. The van der Waals surface area contributed by atoms with Crippen LogP contribution in [0.4, 0.5) is 24.0 Å². The summed E-state index contributed by atoms with van der Waals surface area (Å²) in [6.07, 6.45) is -2.07. The molecule has 2 N–H and O–H groups in total. The van der Waals surface area contributed by atoms with E-state index in [1.54, 1.807) is 12.1 Å². The van der Waals surface area contributed by atoms with Crippen LogP contribution >= 0.6 is 11.3 Å². The zero-order chi connectivity index (χ0) is 24.7. The third-order valence-corrected chi connectivity index (χ3v) is 5.76. The highest BCUT2D eigenvalue weighted by Crippen LogP contribution is 2.32. The van der Waals surface area contributed by atoms with Crippen LogP contribution in [-0.4, -0.2) is 34.3 Å². The molecule has 1 unspecified atom stereocenters. The topological polar surface area (TPSA) is 87.5 Å². The van der Waals surface area contributed by atoms with Gasteiger partial charge in [-0.3, -0.25) is 9.59 Å². The number of benzene rings is 1. The Morgan fingerprint density at radius 1 is 1.24 bits per heavy atom. The number of thiazole rings is 1. The Hall–Kier alpha value is -3.34. The van der Waals surface area contributed by atoms with Gasteiger partial charge in [0.2, 0.25) is 5.91 Å². The number of carbonyl (C=O) groups is 2. The minimum atomic E-state index is -4.46. The average Bonchev–Trinajstić information content (AvgIpc) is 3.48. The fourth-order valence-corrected chi connectivity index (χ4v) is 3.72. The number of hydrogen-bond donors (Lipinski definition) is 2. The fourth-order valence-electron chi connectivity index (χ4n) is 3.02. The lowest BCUT2D eigenvalue weighted by molar-refractivity contribution is -0.137. The molecule has 0 aliphatic rings. The predicted molar refractivity (Wildman–Crippen MR) is 123 cm³/mol. The van der Waals surface area contributed by atoms with Crippen molar-refractivity contribution in [2.75, 3.05) is 11.9 Å². The van der Waals surface area contributed by atoms with Crippen molar-refractivity contribution in [1.82, 2.24) is 15.2 Å². The first kappa shape index (κ1) is 25.3. The lowest BCUT2D eigenvalue weighted by Crippen LogP contribution is -2.37. The van der Waals surface area contributed by atoms with Crippen LogP contribution in [0.1, 0.15) is 48.5 Å². The first-order valence-electron chi connectivity index (χ1n) is 10.7. The van der Waals surface area contributed by atoms with E-state index >= 15 is 0 Å². The molecule has 1 aromatic carbocycles. The maximum atomic E-state index is 13.1. The van der Waals surface area contributed by atoms with E-state index < -0.39 is 17.6 Å². The second-order valence-electron chi connectivity index (χ2n) is 7.67. The molecule has 2 aromatic heterocycles. The van der Waals surface area contributed by atoms with Crippen molar-refractivity contribution >= 4 is 34.0 Å². The molecule has 0 bridgehead atoms. The minimum Gasteiger partial charge on any atom is -0.467 e. The molecule has 0 aliphatic heterocycles. The van der Waals surface area contributed by atoms with Gasteiger partial charge in [0.1, 0.15) is 11.5 Å². The van der Waals surface area contributed by atoms with Crippen molar-refractivity contribution in [1.29, 1.82) is 0 Å². The van der Waals surface area contributed by atoms with E-state index in [2.05, 4.69) is 15.6 Å². The molecular weight excluding hydrogens is 469 g/mol. The number of halogens is 3. The van der Waals surface area contributed by atoms with Crippen LogP contribution < -0.4 is 10.6 Å². The maximum Gasteiger partial charge on any atom is 0.416 e. The van der Waals surface area contributed by atoms with E-state index in [1.165, 1.54) is 28.7 Å². The van der Waals surface area contributed by atoms with Gasteiger partial charge in [-0.1, -0.05) is 13.0 Å². The Kier molecular flexibility index (Phi) is 8.32. The molecule has 0 saturated carbocycles. The van der Waals surface area contributed by atoms with Crippen LogP contribution in [0.25, 0.3) is 0 Å². The highest BCUT2D eigenvalue weighted by molar-refractivity contribution is 7.14. The number of rotatable bonds is 10. The molecule has 182 valence electrons. The maximum absolute atomic E-state index is 13.1. The zero-order valence-electron chi connectivity index (χ0n) is 18.7. The van der Waals surface area contributed by atoms with Crippen molar-refractivity contribution in [3.05, 3.63) is 65.1 Å². The van der Waals surface area contributed by atoms with Crippen LogP contribution in [0.15, 0.2) is 52.5 Å². The van der Waals surface area contributed by atoms with Gasteiger partial charge in [-0.2, -0.15) is 13.2 Å². The monoisotopic (exact) mass is 494 g/mol. The number of nitrogens with one attached hydrogen (secondary N) is 2. The number of alkyl halides is 3. The summed E-state index contributed by atoms with van der Waals surface area (Å²) in [6, 6.07) is 8.19. The van der Waals surface area contributed by atoms with Crippen molar-refractivity contribution in [2.45, 2.75) is 45.5 Å². The van der Waals surface area contributed by atoms with Gasteiger partial charge in [-0.05, 0) is 43.7 Å². The summed E-state index contributed by atoms with van der Waals surface area (Å²) < 4.78 is 44.2. The molecule has 3 rings (SSSR count). The number of furan rings is 1. The van der Waals surface area contributed by atoms with Crippen molar-refractivity contribution in [3.8, 4) is 0 Å². The summed E-state index contributed by atoms with van der Waals surface area (Å²) in [5.41, 5.74) is -0.462. The Morgan fingerprint density at radius 2 is 2.03 bits per heavy atom. The van der Waals surface area contributed by atoms with Gasteiger partial charge in [0.25, 0.3) is 5.91 Å². The van der Waals surface area contributed by atoms with Crippen molar-refractivity contribution in [3.63, 3.8) is 0 Å². The first-order chi connectivity index (χ1) is 16.2. The lowest BCUT2D eigenvalue weighted by Gasteiger charge is -2.21. The van der Waals surface area contributed by atoms with Gasteiger partial charge in [0.05, 0.1) is 18.4 Å². The molecule has 0 fully saturated rings. The summed E-state index contributed by atoms with van der Waals surface area (Å²) in [4.78, 5) is 31.0. The Labute approximate surface area is 199 Å². The van der Waals surface area contributed by atoms with Crippen molar-refractivity contribution in [2.24, 2.45) is 0 Å². The number of hydrogen-bond acceptors (Lipinski definition) is 6. The number of nitrogens with zero attached hydrogens (tertiary/aromatic N) is 2. The van der Waals surface area contributed by atoms with E-state index in [0.29, 0.717) is 5.76 Å². The highest BCUT2D eigenvalue weighted by Gasteiger charge is 2.30. The normalized spacial score (nSPS) is 12.3. The number of carbonyl (C=O) groups excluding carboxylic acids is 2. The third-order valence-electron chi connectivity index (χ3n) is 5.01. The third kappa shape index (κ3) is 7.08. The Bertz CT molecular complexity index is 1100. The van der Waals surface area contributed by atoms with Gasteiger partial charge >= 0.3 is 6.18 Å². The SMILES string of the molecule is CCC(C)NC(=O)CCN(Cc1ccco1)C(=O)c1csc(Nc2cccc(C(F)(F)F)c2)n1. The molecule has 0 saturated heterocycles. The minimum absolute atomic E-state index is 0.0322. The van der Waals surface area contributed by atoms with E-state index in [-0.39, 0.29) is 48.0 Å². The van der Waals surface area contributed by atoms with Crippen molar-refractivity contribution < 1.29 is 27.2 Å². The predicted octanol–water partition coefficient (Wildman–Crippen LogP) is 5.45. The quantitative estimate of drug-likeness (QED) is 0.392. The van der Waals surface area contributed by atoms with Gasteiger partial charge in [0, 0.05) is 30.1 Å². The summed E-state index contributed by atoms with van der Waals surface area (Å²) in [6.45, 7) is 4.16. The zero-order valence-corrected chi connectivity index (χ0v) is 19.5. The van der Waals surface area contributed by atoms with E-state index in [0.717, 1.165) is 29.9 Å². The largest absolute Gasteiger partial charge is 0.467 e. The smallest absolute Gasteiger partial charge is 0.416 e. The van der Waals surface area contributed by atoms with E-state index in [4.69, 9.17) is 4.42 Å². The molecule has 0 spiro atoms. The molecule has 1 atom stereocenters. The lowest BCUT2D eigenvalue weighted by atomic mass is 10.2. The Morgan fingerprint density at radius 3 is 2.71 bits per heavy atom. The summed E-state index contributed by atoms with van der Waals surface area (Å²) in [7, 11) is 0. The standard InChI is InChI=1S/C23H25F3N4O3S/c1-3-15(2)27-20(31)9-10-30(13-18-8-5-11-33-18)21(32)19-14-34-22(29-19)28-17-7-4-6-16(12-17)23(24,25)26/h4-8,11-12,14-15H,3,9-10,13H2,1-2H3,(H,27,31)(H,28,29). The van der Waals surface area contributed by atoms with Gasteiger partial charge in [-0.25, -0.2) is 4.98 Å². The van der Waals surface area contributed by atoms with Gasteiger partial charge in [-0.15, -0.1) is 11.3 Å². The first-order valence-corrected chi connectivity index (χ1v) is 11.5. The van der Waals surface area contributed by atoms with Crippen LogP contribution in [0, 0.1) is 0 Å². The van der Waals surface area contributed by atoms with Crippen LogP contribution in [0.2, 0.25) is 0 Å². The van der Waals surface area contributed by atoms with Gasteiger partial charge in [0.15, 0.2) is 5.13 Å². The van der Waals surface area contributed by atoms with E-state index in [9.17, 15) is 22.8 Å². The van der Waals surface area contributed by atoms with Gasteiger partial charge < -0.3 is 20.0 Å². The van der Waals surface area contributed by atoms with Crippen LogP contribution in [0.3, 0.4) is 0 Å². The molecule has 34 heavy (non-hydrogen) atoms. The molecule has 2 amide bonds. The Balaban J connectivity index is 1.70. The summed E-state index contributed by atoms with van der Waals surface area (Å²) in [5.74, 6) is -0.0360. The summed E-state index contributed by atoms with van der Waals surface area (Å²) in [5, 5.41) is 7.47. The molecule has 3 aromatic rings. The molecular formula is C23H25F3N4O3S. The number of amides is 2. The van der Waals surface area contributed by atoms with Crippen LogP contribution in [0.5, 0.6) is 0 Å². The highest BCUT2D eigenvalue weighted by atomic mass is 32.1. The molecule has 7 nitrogen and oxygen atoms in total. The summed E-state index contributed by atoms with van der Waals surface area (Å²) >= 11 is 1.09. The molecule has 11 heteroatoms. The van der Waals surface area contributed by atoms with E-state index in [1.807, 2.05) is 13.8 Å². The average molecular weight is 495 g/mol. The van der Waals surface area contributed by atoms with Crippen LogP contribution in [-0.2, 0) is 17.5 Å². The number of aromatic nitrogens is 1. The number of anilines is 2. The molecule has 2 heterocycles. The molecule has 0 aliphatic carbocycles. The second-order valence-corrected chi connectivity index (χ2v) is 8.53. The fraction of sp³-hybridized carbons (Fsp3) is 0.348. The second kappa shape index (κ2) is 11.2.